The number of amides is 1. The lowest BCUT2D eigenvalue weighted by molar-refractivity contribution is -0.113. The third kappa shape index (κ3) is 5.11. The van der Waals surface area contributed by atoms with Gasteiger partial charge in [0, 0.05) is 5.56 Å². The van der Waals surface area contributed by atoms with E-state index < -0.39 is 5.97 Å². The highest BCUT2D eigenvalue weighted by Crippen LogP contribution is 2.24. The molecular weight excluding hydrogens is 400 g/mol. The highest BCUT2D eigenvalue weighted by Gasteiger charge is 2.13. The van der Waals surface area contributed by atoms with Crippen LogP contribution in [-0.4, -0.2) is 39.4 Å². The van der Waals surface area contributed by atoms with Gasteiger partial charge in [0.1, 0.15) is 0 Å². The first kappa shape index (κ1) is 19.9. The smallest absolute Gasteiger partial charge is 0.338 e. The topological polar surface area (TPSA) is 97.0 Å². The molecule has 2 aromatic carbocycles. The fourth-order valence-electron chi connectivity index (χ4n) is 2.31. The molecule has 0 unspecified atom stereocenters. The van der Waals surface area contributed by atoms with Crippen LogP contribution < -0.4 is 5.32 Å². The van der Waals surface area contributed by atoms with Crippen LogP contribution in [0.1, 0.15) is 17.3 Å². The van der Waals surface area contributed by atoms with Crippen LogP contribution in [-0.2, 0) is 9.53 Å². The molecule has 0 saturated heterocycles. The van der Waals surface area contributed by atoms with Gasteiger partial charge >= 0.3 is 5.97 Å². The van der Waals surface area contributed by atoms with Crippen LogP contribution in [0.4, 0.5) is 5.69 Å². The van der Waals surface area contributed by atoms with Crippen molar-refractivity contribution in [2.24, 2.45) is 0 Å². The van der Waals surface area contributed by atoms with E-state index in [9.17, 15) is 9.59 Å². The minimum Gasteiger partial charge on any atom is -0.462 e. The minimum absolute atomic E-state index is 0.0893. The summed E-state index contributed by atoms with van der Waals surface area (Å²) in [6, 6.07) is 14.1. The van der Waals surface area contributed by atoms with E-state index in [-0.39, 0.29) is 18.3 Å². The number of H-pyrrole nitrogens is 1. The Kier molecular flexibility index (Phi) is 6.67. The molecule has 0 saturated carbocycles. The number of aromatic nitrogens is 3. The molecule has 0 bridgehead atoms. The first-order valence-electron chi connectivity index (χ1n) is 8.44. The number of hydrogen-bond acceptors (Lipinski definition) is 6. The normalized spacial score (nSPS) is 10.5. The Morgan fingerprint density at radius 2 is 2.00 bits per heavy atom. The molecule has 2 N–H and O–H groups in total. The Bertz CT molecular complexity index is 978. The number of carbonyl (C=O) groups is 2. The lowest BCUT2D eigenvalue weighted by atomic mass is 10.2. The van der Waals surface area contributed by atoms with Gasteiger partial charge in [-0.3, -0.25) is 9.89 Å². The molecule has 9 heteroatoms. The van der Waals surface area contributed by atoms with Crippen molar-refractivity contribution < 1.29 is 14.3 Å². The number of benzene rings is 2. The highest BCUT2D eigenvalue weighted by atomic mass is 35.5. The number of carbonyl (C=O) groups excluding carboxylic acids is 2. The van der Waals surface area contributed by atoms with E-state index in [1.807, 2.05) is 30.3 Å². The molecule has 1 aromatic heterocycles. The molecule has 0 aliphatic rings. The molecule has 0 aliphatic carbocycles. The van der Waals surface area contributed by atoms with Crippen LogP contribution in [0, 0.1) is 0 Å². The fraction of sp³-hybridized carbons (Fsp3) is 0.158. The zero-order valence-corrected chi connectivity index (χ0v) is 16.5. The molecule has 1 heterocycles. The van der Waals surface area contributed by atoms with E-state index in [1.54, 1.807) is 13.0 Å². The molecule has 28 heavy (non-hydrogen) atoms. The maximum Gasteiger partial charge on any atom is 0.338 e. The van der Waals surface area contributed by atoms with Gasteiger partial charge in [0.2, 0.25) is 11.1 Å². The number of nitrogens with one attached hydrogen (secondary N) is 2. The van der Waals surface area contributed by atoms with Crippen LogP contribution in [0.3, 0.4) is 0 Å². The van der Waals surface area contributed by atoms with E-state index in [0.29, 0.717) is 27.3 Å². The Morgan fingerprint density at radius 3 is 2.75 bits per heavy atom. The Labute approximate surface area is 170 Å². The first-order chi connectivity index (χ1) is 13.6. The lowest BCUT2D eigenvalue weighted by Gasteiger charge is -2.09. The van der Waals surface area contributed by atoms with Crippen LogP contribution in [0.2, 0.25) is 5.02 Å². The van der Waals surface area contributed by atoms with E-state index in [2.05, 4.69) is 20.5 Å². The summed E-state index contributed by atoms with van der Waals surface area (Å²) in [4.78, 5) is 28.4. The van der Waals surface area contributed by atoms with E-state index in [1.165, 1.54) is 23.9 Å². The molecule has 0 spiro atoms. The number of anilines is 1. The number of ether oxygens (including phenoxy) is 1. The standard InChI is InChI=1S/C19H17ClN4O3S/c1-2-27-18(26)13-8-9-14(20)15(10-13)21-16(25)11-28-19-22-17(23-24-19)12-6-4-3-5-7-12/h3-10H,2,11H2,1H3,(H,21,25)(H,22,23,24). The molecule has 7 nitrogen and oxygen atoms in total. The fourth-order valence-corrected chi connectivity index (χ4v) is 3.08. The van der Waals surface area contributed by atoms with Crippen molar-refractivity contribution >= 4 is 40.9 Å². The van der Waals surface area contributed by atoms with Gasteiger partial charge in [0.25, 0.3) is 0 Å². The number of thioether (sulfide) groups is 1. The molecule has 0 aliphatic heterocycles. The van der Waals surface area contributed by atoms with Gasteiger partial charge in [0.15, 0.2) is 5.82 Å². The number of hydrogen-bond donors (Lipinski definition) is 2. The number of esters is 1. The van der Waals surface area contributed by atoms with Gasteiger partial charge in [0.05, 0.1) is 28.6 Å². The van der Waals surface area contributed by atoms with Crippen LogP contribution >= 0.6 is 23.4 Å². The van der Waals surface area contributed by atoms with Crippen molar-refractivity contribution in [3.05, 3.63) is 59.1 Å². The van der Waals surface area contributed by atoms with Crippen LogP contribution in [0.5, 0.6) is 0 Å². The molecular formula is C19H17ClN4O3S. The second-order valence-electron chi connectivity index (χ2n) is 5.58. The Hall–Kier alpha value is -2.84. The van der Waals surface area contributed by atoms with Gasteiger partial charge in [-0.1, -0.05) is 53.7 Å². The largest absolute Gasteiger partial charge is 0.462 e. The molecule has 3 aromatic rings. The third-order valence-electron chi connectivity index (χ3n) is 3.60. The Morgan fingerprint density at radius 1 is 1.21 bits per heavy atom. The first-order valence-corrected chi connectivity index (χ1v) is 9.80. The Balaban J connectivity index is 1.60. The summed E-state index contributed by atoms with van der Waals surface area (Å²) in [6.45, 7) is 1.99. The van der Waals surface area contributed by atoms with E-state index >= 15 is 0 Å². The van der Waals surface area contributed by atoms with Crippen LogP contribution in [0.25, 0.3) is 11.4 Å². The third-order valence-corrected chi connectivity index (χ3v) is 4.77. The van der Waals surface area contributed by atoms with E-state index in [0.717, 1.165) is 5.56 Å². The number of aromatic amines is 1. The van der Waals surface area contributed by atoms with Gasteiger partial charge in [-0.05, 0) is 25.1 Å². The van der Waals surface area contributed by atoms with Crippen molar-refractivity contribution in [3.8, 4) is 11.4 Å². The van der Waals surface area contributed by atoms with Crippen molar-refractivity contribution in [2.45, 2.75) is 12.1 Å². The van der Waals surface area contributed by atoms with Gasteiger partial charge < -0.3 is 10.1 Å². The maximum absolute atomic E-state index is 12.2. The minimum atomic E-state index is -0.474. The van der Waals surface area contributed by atoms with Crippen molar-refractivity contribution in [2.75, 3.05) is 17.7 Å². The summed E-state index contributed by atoms with van der Waals surface area (Å²) in [7, 11) is 0. The number of nitrogens with zero attached hydrogens (tertiary/aromatic N) is 2. The van der Waals surface area contributed by atoms with Crippen molar-refractivity contribution in [1.82, 2.24) is 15.2 Å². The van der Waals surface area contributed by atoms with Crippen molar-refractivity contribution in [3.63, 3.8) is 0 Å². The summed E-state index contributed by atoms with van der Waals surface area (Å²) in [5.41, 5.74) is 1.57. The quantitative estimate of drug-likeness (QED) is 0.445. The van der Waals surface area contributed by atoms with Gasteiger partial charge in [-0.2, -0.15) is 0 Å². The molecule has 3 rings (SSSR count). The second kappa shape index (κ2) is 9.38. The molecule has 0 atom stereocenters. The SMILES string of the molecule is CCOC(=O)c1ccc(Cl)c(NC(=O)CSc2n[nH]c(-c3ccccc3)n2)c1. The number of halogens is 1. The summed E-state index contributed by atoms with van der Waals surface area (Å²) >= 11 is 7.29. The highest BCUT2D eigenvalue weighted by molar-refractivity contribution is 7.99. The van der Waals surface area contributed by atoms with Crippen LogP contribution in [0.15, 0.2) is 53.7 Å². The average Bonchev–Trinajstić information content (AvgIpc) is 3.18. The molecule has 1 amide bonds. The van der Waals surface area contributed by atoms with E-state index in [4.69, 9.17) is 16.3 Å². The summed E-state index contributed by atoms with van der Waals surface area (Å²) in [6.07, 6.45) is 0. The number of rotatable bonds is 7. The molecule has 0 radical (unpaired) electrons. The maximum atomic E-state index is 12.2. The summed E-state index contributed by atoms with van der Waals surface area (Å²) < 4.78 is 4.95. The predicted octanol–water partition coefficient (Wildman–Crippen LogP) is 4.03. The predicted molar refractivity (Wildman–Crippen MR) is 109 cm³/mol. The summed E-state index contributed by atoms with van der Waals surface area (Å²) in [5.74, 6) is -0.0441. The molecule has 144 valence electrons. The zero-order chi connectivity index (χ0) is 19.9. The second-order valence-corrected chi connectivity index (χ2v) is 6.93. The average molecular weight is 417 g/mol. The lowest BCUT2D eigenvalue weighted by Crippen LogP contribution is -2.15. The molecule has 0 fully saturated rings. The van der Waals surface area contributed by atoms with Gasteiger partial charge in [-0.25, -0.2) is 9.78 Å². The monoisotopic (exact) mass is 416 g/mol. The van der Waals surface area contributed by atoms with Crippen molar-refractivity contribution in [1.29, 1.82) is 0 Å². The van der Waals surface area contributed by atoms with Gasteiger partial charge in [-0.15, -0.1) is 5.10 Å². The zero-order valence-electron chi connectivity index (χ0n) is 14.9. The summed E-state index contributed by atoms with van der Waals surface area (Å²) in [5, 5.41) is 10.4.